The molecule has 1 fully saturated rings. The zero-order valence-electron chi connectivity index (χ0n) is 9.41. The number of hydrogen-bond acceptors (Lipinski definition) is 6. The molecule has 2 heterocycles. The van der Waals surface area contributed by atoms with E-state index in [4.69, 9.17) is 14.6 Å². The van der Waals surface area contributed by atoms with Crippen molar-refractivity contribution in [3.05, 3.63) is 22.7 Å². The summed E-state index contributed by atoms with van der Waals surface area (Å²) in [5.41, 5.74) is -0.668. The summed E-state index contributed by atoms with van der Waals surface area (Å²) < 4.78 is 12.0. The SMILES string of the molecule is CCOc1ccn([C@H]2CS[C@@H](CO)O2)c(=O)n1. The molecule has 2 atom stereocenters. The van der Waals surface area contributed by atoms with E-state index in [-0.39, 0.29) is 18.3 Å². The van der Waals surface area contributed by atoms with E-state index in [0.29, 0.717) is 18.2 Å². The molecule has 0 amide bonds. The molecule has 1 aromatic rings. The molecule has 7 heteroatoms. The summed E-state index contributed by atoms with van der Waals surface area (Å²) in [6, 6.07) is 1.63. The summed E-state index contributed by atoms with van der Waals surface area (Å²) in [4.78, 5) is 15.5. The van der Waals surface area contributed by atoms with Gasteiger partial charge in [-0.3, -0.25) is 4.57 Å². The summed E-state index contributed by atoms with van der Waals surface area (Å²) in [6.45, 7) is 2.25. The van der Waals surface area contributed by atoms with Gasteiger partial charge in [0.25, 0.3) is 0 Å². The first-order valence-corrected chi connectivity index (χ1v) is 6.39. The van der Waals surface area contributed by atoms with Gasteiger partial charge in [-0.1, -0.05) is 0 Å². The van der Waals surface area contributed by atoms with Crippen molar-refractivity contribution in [3.8, 4) is 5.88 Å². The Balaban J connectivity index is 2.14. The van der Waals surface area contributed by atoms with Crippen molar-refractivity contribution in [2.75, 3.05) is 19.0 Å². The molecule has 1 N–H and O–H groups in total. The third kappa shape index (κ3) is 2.80. The van der Waals surface area contributed by atoms with Gasteiger partial charge in [0.1, 0.15) is 11.7 Å². The molecule has 1 aliphatic heterocycles. The normalized spacial score (nSPS) is 23.9. The molecular formula is C10H14N2O4S. The van der Waals surface area contributed by atoms with Crippen LogP contribution < -0.4 is 10.4 Å². The number of aliphatic hydroxyl groups is 1. The van der Waals surface area contributed by atoms with Gasteiger partial charge in [0.2, 0.25) is 5.88 Å². The van der Waals surface area contributed by atoms with E-state index in [0.717, 1.165) is 0 Å². The number of nitrogens with zero attached hydrogens (tertiary/aromatic N) is 2. The Morgan fingerprint density at radius 2 is 2.59 bits per heavy atom. The Morgan fingerprint density at radius 1 is 1.76 bits per heavy atom. The average molecular weight is 258 g/mol. The van der Waals surface area contributed by atoms with Crippen LogP contribution in [0.3, 0.4) is 0 Å². The molecule has 94 valence electrons. The topological polar surface area (TPSA) is 73.6 Å². The monoisotopic (exact) mass is 258 g/mol. The first-order valence-electron chi connectivity index (χ1n) is 5.34. The van der Waals surface area contributed by atoms with E-state index in [2.05, 4.69) is 4.98 Å². The van der Waals surface area contributed by atoms with Gasteiger partial charge in [-0.25, -0.2) is 4.79 Å². The highest BCUT2D eigenvalue weighted by Gasteiger charge is 2.27. The first-order chi connectivity index (χ1) is 8.24. The lowest BCUT2D eigenvalue weighted by molar-refractivity contribution is -0.00650. The molecular weight excluding hydrogens is 244 g/mol. The van der Waals surface area contributed by atoms with Crippen LogP contribution >= 0.6 is 11.8 Å². The van der Waals surface area contributed by atoms with Crippen molar-refractivity contribution in [2.45, 2.75) is 18.6 Å². The largest absolute Gasteiger partial charge is 0.478 e. The Morgan fingerprint density at radius 3 is 3.18 bits per heavy atom. The van der Waals surface area contributed by atoms with Gasteiger partial charge in [-0.05, 0) is 6.92 Å². The van der Waals surface area contributed by atoms with E-state index in [1.165, 1.54) is 16.3 Å². The van der Waals surface area contributed by atoms with E-state index < -0.39 is 5.69 Å². The first kappa shape index (κ1) is 12.4. The van der Waals surface area contributed by atoms with Crippen molar-refractivity contribution in [3.63, 3.8) is 0 Å². The molecule has 6 nitrogen and oxygen atoms in total. The molecule has 1 aromatic heterocycles. The molecule has 0 bridgehead atoms. The van der Waals surface area contributed by atoms with Crippen molar-refractivity contribution in [2.24, 2.45) is 0 Å². The third-order valence-electron chi connectivity index (χ3n) is 2.29. The van der Waals surface area contributed by atoms with Crippen LogP contribution in [0.15, 0.2) is 17.1 Å². The van der Waals surface area contributed by atoms with Gasteiger partial charge in [-0.2, -0.15) is 4.98 Å². The number of rotatable bonds is 4. The van der Waals surface area contributed by atoms with Gasteiger partial charge >= 0.3 is 5.69 Å². The molecule has 0 saturated carbocycles. The Kier molecular flexibility index (Phi) is 4.03. The number of thioether (sulfide) groups is 1. The summed E-state index contributed by atoms with van der Waals surface area (Å²) in [5, 5.41) is 8.95. The smallest absolute Gasteiger partial charge is 0.353 e. The summed E-state index contributed by atoms with van der Waals surface area (Å²) in [6.07, 6.45) is 1.23. The fraction of sp³-hybridized carbons (Fsp3) is 0.600. The summed E-state index contributed by atoms with van der Waals surface area (Å²) >= 11 is 1.48. The fourth-order valence-corrected chi connectivity index (χ4v) is 2.46. The van der Waals surface area contributed by atoms with Crippen molar-refractivity contribution >= 4 is 11.8 Å². The maximum absolute atomic E-state index is 11.7. The van der Waals surface area contributed by atoms with Crippen molar-refractivity contribution < 1.29 is 14.6 Å². The van der Waals surface area contributed by atoms with Crippen molar-refractivity contribution in [1.29, 1.82) is 0 Å². The maximum atomic E-state index is 11.7. The van der Waals surface area contributed by atoms with Gasteiger partial charge in [-0.15, -0.1) is 11.8 Å². The van der Waals surface area contributed by atoms with Gasteiger partial charge < -0.3 is 14.6 Å². The highest BCUT2D eigenvalue weighted by Crippen LogP contribution is 2.30. The minimum absolute atomic E-state index is 0.0552. The van der Waals surface area contributed by atoms with E-state index in [1.54, 1.807) is 12.3 Å². The second-order valence-electron chi connectivity index (χ2n) is 3.42. The predicted molar refractivity (Wildman–Crippen MR) is 63.1 cm³/mol. The molecule has 0 unspecified atom stereocenters. The number of aromatic nitrogens is 2. The number of hydrogen-bond donors (Lipinski definition) is 1. The van der Waals surface area contributed by atoms with E-state index >= 15 is 0 Å². The Hall–Kier alpha value is -1.05. The van der Waals surface area contributed by atoms with Gasteiger partial charge in [0.15, 0.2) is 0 Å². The summed E-state index contributed by atoms with van der Waals surface area (Å²) in [5.74, 6) is 0.943. The molecule has 0 aromatic carbocycles. The lowest BCUT2D eigenvalue weighted by Gasteiger charge is -2.13. The molecule has 1 saturated heterocycles. The molecule has 2 rings (SSSR count). The second-order valence-corrected chi connectivity index (χ2v) is 4.62. The van der Waals surface area contributed by atoms with E-state index in [1.807, 2.05) is 6.92 Å². The van der Waals surface area contributed by atoms with Gasteiger partial charge in [0, 0.05) is 18.0 Å². The van der Waals surface area contributed by atoms with Crippen LogP contribution in [0, 0.1) is 0 Å². The standard InChI is InChI=1S/C10H14N2O4S/c1-2-15-7-3-4-12(10(14)11-7)8-6-17-9(5-13)16-8/h3-4,8-9,13H,2,5-6H2,1H3/t8-,9+/m1/s1. The molecule has 1 aliphatic rings. The molecule has 0 spiro atoms. The van der Waals surface area contributed by atoms with Crippen LogP contribution in [-0.2, 0) is 4.74 Å². The van der Waals surface area contributed by atoms with Crippen LogP contribution in [0.25, 0.3) is 0 Å². The summed E-state index contributed by atoms with van der Waals surface area (Å²) in [7, 11) is 0. The van der Waals surface area contributed by atoms with Crippen molar-refractivity contribution in [1.82, 2.24) is 9.55 Å². The van der Waals surface area contributed by atoms with Crippen LogP contribution in [-0.4, -0.2) is 39.1 Å². The minimum atomic E-state index is -0.403. The highest BCUT2D eigenvalue weighted by atomic mass is 32.2. The van der Waals surface area contributed by atoms with Crippen LogP contribution in [0.5, 0.6) is 5.88 Å². The third-order valence-corrected chi connectivity index (χ3v) is 3.40. The van der Waals surface area contributed by atoms with Gasteiger partial charge in [0.05, 0.1) is 13.2 Å². The molecule has 17 heavy (non-hydrogen) atoms. The Labute approximate surface area is 103 Å². The minimum Gasteiger partial charge on any atom is -0.478 e. The number of ether oxygens (including phenoxy) is 2. The van der Waals surface area contributed by atoms with Crippen LogP contribution in [0.1, 0.15) is 13.2 Å². The zero-order chi connectivity index (χ0) is 12.3. The fourth-order valence-electron chi connectivity index (χ4n) is 1.53. The average Bonchev–Trinajstić information content (AvgIpc) is 2.78. The molecule has 0 radical (unpaired) electrons. The maximum Gasteiger partial charge on any atom is 0.353 e. The number of aliphatic hydroxyl groups excluding tert-OH is 1. The zero-order valence-corrected chi connectivity index (χ0v) is 10.2. The van der Waals surface area contributed by atoms with E-state index in [9.17, 15) is 4.79 Å². The Bertz CT molecular complexity index is 437. The van der Waals surface area contributed by atoms with Crippen LogP contribution in [0.2, 0.25) is 0 Å². The predicted octanol–water partition coefficient (Wildman–Crippen LogP) is 0.222. The highest BCUT2D eigenvalue weighted by molar-refractivity contribution is 8.00. The molecule has 0 aliphatic carbocycles. The lowest BCUT2D eigenvalue weighted by atomic mass is 10.5. The quantitative estimate of drug-likeness (QED) is 0.833. The lowest BCUT2D eigenvalue weighted by Crippen LogP contribution is -2.28. The second kappa shape index (κ2) is 5.52. The van der Waals surface area contributed by atoms with Crippen LogP contribution in [0.4, 0.5) is 0 Å².